The number of aryl methyl sites for hydroxylation is 1. The lowest BCUT2D eigenvalue weighted by atomic mass is 10.1. The SMILES string of the molecule is [C-]#[N+]C(Cc1ccc2ccccc2c1)S(=O)(=O)c1ccc(C)cc1. The van der Waals surface area contributed by atoms with Gasteiger partial charge in [0.15, 0.2) is 0 Å². The Balaban J connectivity index is 1.93. The standard InChI is InChI=1S/C20H17NO2S/c1-15-7-11-19(12-8-15)24(22,23)20(21-2)14-16-9-10-17-5-3-4-6-18(17)13-16/h3-13,20H,14H2,1H3. The zero-order valence-electron chi connectivity index (χ0n) is 13.3. The predicted octanol–water partition coefficient (Wildman–Crippen LogP) is 4.41. The maximum atomic E-state index is 12.7. The molecule has 0 fully saturated rings. The minimum Gasteiger partial charge on any atom is -0.296 e. The molecule has 24 heavy (non-hydrogen) atoms. The van der Waals surface area contributed by atoms with Crippen LogP contribution in [-0.2, 0) is 16.3 Å². The fourth-order valence-corrected chi connectivity index (χ4v) is 4.06. The Labute approximate surface area is 142 Å². The largest absolute Gasteiger partial charge is 0.329 e. The van der Waals surface area contributed by atoms with Gasteiger partial charge in [-0.25, -0.2) is 15.0 Å². The molecule has 0 aliphatic rings. The van der Waals surface area contributed by atoms with Crippen LogP contribution >= 0.6 is 0 Å². The summed E-state index contributed by atoms with van der Waals surface area (Å²) in [5, 5.41) is 1.04. The van der Waals surface area contributed by atoms with E-state index in [1.165, 1.54) is 0 Å². The minimum atomic E-state index is -3.67. The molecule has 0 aliphatic carbocycles. The second-order valence-corrected chi connectivity index (χ2v) is 7.93. The molecule has 0 radical (unpaired) electrons. The molecule has 0 aromatic heterocycles. The Morgan fingerprint density at radius 1 is 0.958 bits per heavy atom. The maximum absolute atomic E-state index is 12.7. The summed E-state index contributed by atoms with van der Waals surface area (Å²) in [6.45, 7) is 9.27. The van der Waals surface area contributed by atoms with Crippen molar-refractivity contribution in [3.8, 4) is 0 Å². The zero-order valence-corrected chi connectivity index (χ0v) is 14.1. The monoisotopic (exact) mass is 335 g/mol. The first kappa shape index (κ1) is 16.2. The third kappa shape index (κ3) is 3.17. The third-order valence-electron chi connectivity index (χ3n) is 4.08. The van der Waals surface area contributed by atoms with E-state index in [1.807, 2.05) is 49.4 Å². The van der Waals surface area contributed by atoms with Gasteiger partial charge in [-0.2, -0.15) is 0 Å². The Morgan fingerprint density at radius 3 is 2.29 bits per heavy atom. The first-order valence-electron chi connectivity index (χ1n) is 7.65. The highest BCUT2D eigenvalue weighted by atomic mass is 32.2. The lowest BCUT2D eigenvalue weighted by Crippen LogP contribution is -2.20. The molecule has 1 unspecified atom stereocenters. The van der Waals surface area contributed by atoms with Gasteiger partial charge in [-0.3, -0.25) is 4.85 Å². The molecule has 0 saturated carbocycles. The van der Waals surface area contributed by atoms with E-state index in [0.717, 1.165) is 21.9 Å². The Hall–Kier alpha value is -2.64. The summed E-state index contributed by atoms with van der Waals surface area (Å²) < 4.78 is 25.5. The van der Waals surface area contributed by atoms with Crippen LogP contribution in [0.2, 0.25) is 0 Å². The molecular weight excluding hydrogens is 318 g/mol. The van der Waals surface area contributed by atoms with E-state index in [4.69, 9.17) is 6.57 Å². The lowest BCUT2D eigenvalue weighted by Gasteiger charge is -2.09. The molecule has 3 aromatic carbocycles. The predicted molar refractivity (Wildman–Crippen MR) is 96.4 cm³/mol. The summed E-state index contributed by atoms with van der Waals surface area (Å²) >= 11 is 0. The van der Waals surface area contributed by atoms with Crippen LogP contribution in [-0.4, -0.2) is 13.8 Å². The van der Waals surface area contributed by atoms with Crippen LogP contribution in [0.25, 0.3) is 15.6 Å². The molecule has 3 rings (SSSR count). The van der Waals surface area contributed by atoms with E-state index >= 15 is 0 Å². The molecule has 0 spiro atoms. The van der Waals surface area contributed by atoms with Crippen molar-refractivity contribution in [1.82, 2.24) is 0 Å². The van der Waals surface area contributed by atoms with Crippen molar-refractivity contribution in [3.05, 3.63) is 89.3 Å². The van der Waals surface area contributed by atoms with E-state index in [2.05, 4.69) is 4.85 Å². The van der Waals surface area contributed by atoms with E-state index < -0.39 is 15.2 Å². The second-order valence-electron chi connectivity index (χ2n) is 5.83. The molecule has 120 valence electrons. The van der Waals surface area contributed by atoms with Gasteiger partial charge < -0.3 is 0 Å². The van der Waals surface area contributed by atoms with Crippen LogP contribution in [0, 0.1) is 13.5 Å². The average Bonchev–Trinajstić information content (AvgIpc) is 2.59. The Bertz CT molecular complexity index is 1020. The maximum Gasteiger partial charge on any atom is 0.329 e. The quantitative estimate of drug-likeness (QED) is 0.662. The van der Waals surface area contributed by atoms with Gasteiger partial charge in [0, 0.05) is 0 Å². The molecule has 3 aromatic rings. The number of benzene rings is 3. The molecule has 0 bridgehead atoms. The van der Waals surface area contributed by atoms with Crippen LogP contribution in [0.15, 0.2) is 71.6 Å². The average molecular weight is 335 g/mol. The molecular formula is C20H17NO2S. The van der Waals surface area contributed by atoms with Crippen molar-refractivity contribution in [2.75, 3.05) is 0 Å². The van der Waals surface area contributed by atoms with Crippen LogP contribution in [0.5, 0.6) is 0 Å². The van der Waals surface area contributed by atoms with Gasteiger partial charge in [0.2, 0.25) is 0 Å². The van der Waals surface area contributed by atoms with Gasteiger partial charge in [0.1, 0.15) is 0 Å². The summed E-state index contributed by atoms with van der Waals surface area (Å²) in [4.78, 5) is 3.60. The molecule has 3 nitrogen and oxygen atoms in total. The molecule has 0 N–H and O–H groups in total. The van der Waals surface area contributed by atoms with Gasteiger partial charge in [0.05, 0.1) is 11.3 Å². The smallest absolute Gasteiger partial charge is 0.296 e. The minimum absolute atomic E-state index is 0.185. The Kier molecular flexibility index (Phi) is 4.37. The fourth-order valence-electron chi connectivity index (χ4n) is 2.68. The summed E-state index contributed by atoms with van der Waals surface area (Å²) in [5.41, 5.74) is 1.84. The topological polar surface area (TPSA) is 38.5 Å². The fraction of sp³-hybridized carbons (Fsp3) is 0.150. The van der Waals surface area contributed by atoms with Crippen molar-refractivity contribution < 1.29 is 8.42 Å². The molecule has 0 saturated heterocycles. The van der Waals surface area contributed by atoms with Crippen molar-refractivity contribution >= 4 is 20.6 Å². The van der Waals surface area contributed by atoms with Crippen LogP contribution in [0.4, 0.5) is 0 Å². The second kappa shape index (κ2) is 6.46. The van der Waals surface area contributed by atoms with Gasteiger partial charge in [-0.1, -0.05) is 60.2 Å². The van der Waals surface area contributed by atoms with Crippen LogP contribution < -0.4 is 0 Å². The van der Waals surface area contributed by atoms with Crippen molar-refractivity contribution in [2.45, 2.75) is 23.6 Å². The van der Waals surface area contributed by atoms with E-state index in [0.29, 0.717) is 0 Å². The third-order valence-corrected chi connectivity index (χ3v) is 5.99. The summed E-state index contributed by atoms with van der Waals surface area (Å²) in [6.07, 6.45) is 0.185. The van der Waals surface area contributed by atoms with Gasteiger partial charge in [-0.15, -0.1) is 0 Å². The lowest BCUT2D eigenvalue weighted by molar-refractivity contribution is 0.587. The molecule has 0 heterocycles. The Morgan fingerprint density at radius 2 is 1.62 bits per heavy atom. The van der Waals surface area contributed by atoms with Crippen molar-refractivity contribution in [3.63, 3.8) is 0 Å². The summed E-state index contributed by atoms with van der Waals surface area (Å²) in [7, 11) is -3.67. The number of hydrogen-bond donors (Lipinski definition) is 0. The number of fused-ring (bicyclic) bond motifs is 1. The normalized spacial score (nSPS) is 12.7. The summed E-state index contributed by atoms with van der Waals surface area (Å²) in [6, 6.07) is 20.4. The first-order chi connectivity index (χ1) is 11.5. The van der Waals surface area contributed by atoms with E-state index in [9.17, 15) is 8.42 Å². The molecule has 0 amide bonds. The number of hydrogen-bond acceptors (Lipinski definition) is 2. The van der Waals surface area contributed by atoms with Gasteiger partial charge >= 0.3 is 5.37 Å². The highest BCUT2D eigenvalue weighted by Crippen LogP contribution is 2.23. The van der Waals surface area contributed by atoms with Crippen molar-refractivity contribution in [2.24, 2.45) is 0 Å². The summed E-state index contributed by atoms with van der Waals surface area (Å²) in [5.74, 6) is 0. The molecule has 1 atom stereocenters. The highest BCUT2D eigenvalue weighted by Gasteiger charge is 2.32. The zero-order chi connectivity index (χ0) is 17.2. The molecule has 0 aliphatic heterocycles. The van der Waals surface area contributed by atoms with E-state index in [-0.39, 0.29) is 11.3 Å². The van der Waals surface area contributed by atoms with Gasteiger partial charge in [0.25, 0.3) is 9.84 Å². The van der Waals surface area contributed by atoms with E-state index in [1.54, 1.807) is 24.3 Å². The highest BCUT2D eigenvalue weighted by molar-refractivity contribution is 7.92. The number of nitrogens with zero attached hydrogens (tertiary/aromatic N) is 1. The number of rotatable bonds is 4. The molecule has 4 heteroatoms. The van der Waals surface area contributed by atoms with Crippen molar-refractivity contribution in [1.29, 1.82) is 0 Å². The van der Waals surface area contributed by atoms with Gasteiger partial charge in [-0.05, 0) is 35.4 Å². The first-order valence-corrected chi connectivity index (χ1v) is 9.20. The van der Waals surface area contributed by atoms with Crippen LogP contribution in [0.3, 0.4) is 0 Å². The van der Waals surface area contributed by atoms with Crippen LogP contribution in [0.1, 0.15) is 11.1 Å². The number of sulfone groups is 1.